The second-order valence-corrected chi connectivity index (χ2v) is 12.2. The topological polar surface area (TPSA) is 70.1 Å². The van der Waals surface area contributed by atoms with Crippen molar-refractivity contribution >= 4 is 32.7 Å². The molecule has 1 aliphatic carbocycles. The molecule has 3 aliphatic rings. The van der Waals surface area contributed by atoms with Gasteiger partial charge in [0.25, 0.3) is 0 Å². The Kier molecular flexibility index (Phi) is 5.03. The first-order valence-corrected chi connectivity index (χ1v) is 13.6. The maximum atomic E-state index is 13.9. The Morgan fingerprint density at radius 1 is 1.15 bits per heavy atom. The summed E-state index contributed by atoms with van der Waals surface area (Å²) >= 11 is 1.50. The van der Waals surface area contributed by atoms with Gasteiger partial charge in [-0.1, -0.05) is 24.6 Å². The summed E-state index contributed by atoms with van der Waals surface area (Å²) < 4.78 is 35.6. The smallest absolute Gasteiger partial charge is 0.245 e. The molecular formula is C25H26N2O4S2. The van der Waals surface area contributed by atoms with Crippen molar-refractivity contribution in [1.82, 2.24) is 4.31 Å². The Morgan fingerprint density at radius 2 is 1.94 bits per heavy atom. The monoisotopic (exact) mass is 482 g/mol. The van der Waals surface area contributed by atoms with Crippen LogP contribution in [0, 0.1) is 5.92 Å². The van der Waals surface area contributed by atoms with E-state index in [1.165, 1.54) is 11.3 Å². The predicted molar refractivity (Wildman–Crippen MR) is 130 cm³/mol. The van der Waals surface area contributed by atoms with E-state index in [0.29, 0.717) is 35.4 Å². The molecule has 1 aromatic heterocycles. The molecule has 2 aromatic carbocycles. The van der Waals surface area contributed by atoms with Gasteiger partial charge < -0.3 is 14.7 Å². The van der Waals surface area contributed by atoms with Crippen molar-refractivity contribution in [3.05, 3.63) is 59.0 Å². The number of para-hydroxylation sites is 1. The number of aliphatic hydroxyl groups is 1. The van der Waals surface area contributed by atoms with E-state index in [-0.39, 0.29) is 12.6 Å². The van der Waals surface area contributed by atoms with Crippen LogP contribution in [0.1, 0.15) is 29.7 Å². The zero-order chi connectivity index (χ0) is 22.7. The zero-order valence-corrected chi connectivity index (χ0v) is 20.0. The Bertz CT molecular complexity index is 1320. The highest BCUT2D eigenvalue weighted by Gasteiger charge is 2.43. The number of hydrogen-bond acceptors (Lipinski definition) is 6. The number of anilines is 2. The summed E-state index contributed by atoms with van der Waals surface area (Å²) in [6.45, 7) is 0.985. The summed E-state index contributed by atoms with van der Waals surface area (Å²) in [4.78, 5) is 4.28. The first-order chi connectivity index (χ1) is 16.0. The molecule has 2 aliphatic heterocycles. The van der Waals surface area contributed by atoms with Gasteiger partial charge in [-0.25, -0.2) is 8.42 Å². The summed E-state index contributed by atoms with van der Waals surface area (Å²) in [5.74, 6) is 1.06. The molecule has 6 nitrogen and oxygen atoms in total. The van der Waals surface area contributed by atoms with Gasteiger partial charge >= 0.3 is 0 Å². The Morgan fingerprint density at radius 3 is 2.64 bits per heavy atom. The van der Waals surface area contributed by atoms with Gasteiger partial charge in [-0.05, 0) is 43.0 Å². The third-order valence-corrected chi connectivity index (χ3v) is 10.4. The van der Waals surface area contributed by atoms with Crippen molar-refractivity contribution in [1.29, 1.82) is 0 Å². The molecule has 3 aromatic rings. The molecule has 0 spiro atoms. The highest BCUT2D eigenvalue weighted by atomic mass is 32.2. The van der Waals surface area contributed by atoms with Gasteiger partial charge in [0.1, 0.15) is 17.3 Å². The molecule has 1 saturated carbocycles. The van der Waals surface area contributed by atoms with Gasteiger partial charge in [0.2, 0.25) is 10.0 Å². The number of rotatable bonds is 3. The van der Waals surface area contributed by atoms with E-state index in [0.717, 1.165) is 45.8 Å². The largest absolute Gasteiger partial charge is 0.488 e. The standard InChI is InChI=1S/C25H26N2O4S2/c1-26-22(16-6-5-7-16)13-27(18-8-3-2-4-9-18)21-12-23-20(11-24(21)33(26,29)30)25-17(15-31-23)10-19(14-28)32-25/h2-4,8-12,16,22,28H,5-7,13-15H2,1H3/t22-/m0/s1. The van der Waals surface area contributed by atoms with Gasteiger partial charge in [0.05, 0.1) is 12.3 Å². The van der Waals surface area contributed by atoms with E-state index < -0.39 is 10.0 Å². The number of likely N-dealkylation sites (N-methyl/N-ethyl adjacent to an activating group) is 1. The molecule has 1 fully saturated rings. The molecule has 0 bridgehead atoms. The van der Waals surface area contributed by atoms with Crippen LogP contribution in [0.2, 0.25) is 0 Å². The van der Waals surface area contributed by atoms with Crippen LogP contribution in [-0.4, -0.2) is 37.5 Å². The summed E-state index contributed by atoms with van der Waals surface area (Å²) in [5, 5.41) is 9.61. The van der Waals surface area contributed by atoms with Crippen molar-refractivity contribution in [2.24, 2.45) is 5.92 Å². The van der Waals surface area contributed by atoms with Crippen LogP contribution in [0.3, 0.4) is 0 Å². The van der Waals surface area contributed by atoms with Crippen molar-refractivity contribution < 1.29 is 18.3 Å². The molecular weight excluding hydrogens is 456 g/mol. The second-order valence-electron chi connectivity index (χ2n) is 9.06. The quantitative estimate of drug-likeness (QED) is 0.584. The molecule has 0 unspecified atom stereocenters. The second kappa shape index (κ2) is 7.84. The van der Waals surface area contributed by atoms with E-state index >= 15 is 0 Å². The third-order valence-electron chi connectivity index (χ3n) is 7.25. The summed E-state index contributed by atoms with van der Waals surface area (Å²) in [7, 11) is -1.98. The zero-order valence-electron chi connectivity index (χ0n) is 18.4. The fourth-order valence-electron chi connectivity index (χ4n) is 5.17. The van der Waals surface area contributed by atoms with Crippen molar-refractivity contribution in [2.45, 2.75) is 43.4 Å². The first kappa shape index (κ1) is 21.2. The van der Waals surface area contributed by atoms with Crippen molar-refractivity contribution in [3.63, 3.8) is 0 Å². The number of fused-ring (bicyclic) bond motifs is 4. The number of ether oxygens (including phenoxy) is 1. The Balaban J connectivity index is 1.57. The maximum absolute atomic E-state index is 13.9. The van der Waals surface area contributed by atoms with Crippen molar-refractivity contribution in [2.75, 3.05) is 18.5 Å². The lowest BCUT2D eigenvalue weighted by Crippen LogP contribution is -2.47. The van der Waals surface area contributed by atoms with Crippen LogP contribution < -0.4 is 9.64 Å². The number of hydrogen-bond donors (Lipinski definition) is 1. The fraction of sp³-hybridized carbons (Fsp3) is 0.360. The normalized spacial score (nSPS) is 21.9. The highest BCUT2D eigenvalue weighted by molar-refractivity contribution is 7.89. The SMILES string of the molecule is CN1[C@H](C2CCC2)CN(c2ccccc2)c2cc3c(cc2S1(=O)=O)-c1sc(CO)cc1CO3. The van der Waals surface area contributed by atoms with Gasteiger partial charge in [-0.15, -0.1) is 11.3 Å². The lowest BCUT2D eigenvalue weighted by molar-refractivity contribution is 0.185. The molecule has 0 saturated heterocycles. The van der Waals surface area contributed by atoms with Gasteiger partial charge in [0.15, 0.2) is 0 Å². The number of nitrogens with zero attached hydrogens (tertiary/aromatic N) is 2. The predicted octanol–water partition coefficient (Wildman–Crippen LogP) is 4.74. The molecule has 0 radical (unpaired) electrons. The Hall–Kier alpha value is -2.39. The van der Waals surface area contributed by atoms with E-state index in [1.807, 2.05) is 42.5 Å². The molecule has 0 amide bonds. The van der Waals surface area contributed by atoms with E-state index in [9.17, 15) is 13.5 Å². The van der Waals surface area contributed by atoms with Crippen LogP contribution in [-0.2, 0) is 23.2 Å². The highest BCUT2D eigenvalue weighted by Crippen LogP contribution is 2.49. The van der Waals surface area contributed by atoms with Crippen LogP contribution in [0.4, 0.5) is 11.4 Å². The summed E-state index contributed by atoms with van der Waals surface area (Å²) in [6, 6.07) is 15.5. The van der Waals surface area contributed by atoms with Crippen LogP contribution in [0.5, 0.6) is 5.75 Å². The number of sulfonamides is 1. The number of benzene rings is 2. The van der Waals surface area contributed by atoms with E-state index in [4.69, 9.17) is 4.74 Å². The molecule has 1 atom stereocenters. The molecule has 33 heavy (non-hydrogen) atoms. The molecule has 172 valence electrons. The van der Waals surface area contributed by atoms with Crippen molar-refractivity contribution in [3.8, 4) is 16.2 Å². The minimum Gasteiger partial charge on any atom is -0.488 e. The minimum absolute atomic E-state index is 0.0379. The lowest BCUT2D eigenvalue weighted by atomic mass is 9.79. The molecule has 8 heteroatoms. The first-order valence-electron chi connectivity index (χ1n) is 11.3. The molecule has 1 N–H and O–H groups in total. The van der Waals surface area contributed by atoms with Crippen LogP contribution in [0.15, 0.2) is 53.4 Å². The average molecular weight is 483 g/mol. The van der Waals surface area contributed by atoms with Gasteiger partial charge in [-0.2, -0.15) is 4.31 Å². The van der Waals surface area contributed by atoms with E-state index in [1.54, 1.807) is 17.4 Å². The molecule has 3 heterocycles. The third kappa shape index (κ3) is 3.31. The van der Waals surface area contributed by atoms with Gasteiger partial charge in [-0.3, -0.25) is 0 Å². The fourth-order valence-corrected chi connectivity index (χ4v) is 7.83. The average Bonchev–Trinajstić information content (AvgIpc) is 3.20. The maximum Gasteiger partial charge on any atom is 0.245 e. The summed E-state index contributed by atoms with van der Waals surface area (Å²) in [6.07, 6.45) is 3.28. The van der Waals surface area contributed by atoms with Gasteiger partial charge in [0, 0.05) is 52.3 Å². The lowest BCUT2D eigenvalue weighted by Gasteiger charge is -2.39. The Labute approximate surface area is 198 Å². The van der Waals surface area contributed by atoms with Crippen LogP contribution >= 0.6 is 11.3 Å². The number of aliphatic hydroxyl groups excluding tert-OH is 1. The number of thiophene rings is 1. The van der Waals surface area contributed by atoms with Crippen LogP contribution in [0.25, 0.3) is 10.4 Å². The van der Waals surface area contributed by atoms with E-state index in [2.05, 4.69) is 4.90 Å². The molecule has 6 rings (SSSR count). The summed E-state index contributed by atoms with van der Waals surface area (Å²) in [5.41, 5.74) is 3.41. The minimum atomic E-state index is -3.71.